The Hall–Kier alpha value is -1.56. The van der Waals surface area contributed by atoms with E-state index in [9.17, 15) is 4.79 Å². The van der Waals surface area contributed by atoms with Crippen LogP contribution in [0.5, 0.6) is 5.88 Å². The number of hydrogen-bond donors (Lipinski definition) is 1. The lowest BCUT2D eigenvalue weighted by molar-refractivity contribution is -0.123. The molecule has 6 heteroatoms. The highest BCUT2D eigenvalue weighted by molar-refractivity contribution is 9.10. The quantitative estimate of drug-likeness (QED) is 0.823. The van der Waals surface area contributed by atoms with E-state index < -0.39 is 0 Å². The molecule has 0 bridgehead atoms. The Balaban J connectivity index is 2.03. The Labute approximate surface area is 126 Å². The Morgan fingerprint density at radius 1 is 1.50 bits per heavy atom. The first kappa shape index (κ1) is 14.8. The number of benzene rings is 1. The zero-order valence-electron chi connectivity index (χ0n) is 11.6. The minimum atomic E-state index is -0.118. The van der Waals surface area contributed by atoms with Gasteiger partial charge in [-0.1, -0.05) is 29.3 Å². The maximum atomic E-state index is 11.6. The van der Waals surface area contributed by atoms with Gasteiger partial charge < -0.3 is 10.1 Å². The fourth-order valence-electron chi connectivity index (χ4n) is 1.90. The number of halogens is 1. The number of carbonyl (C=O) groups is 1. The summed E-state index contributed by atoms with van der Waals surface area (Å²) in [6.45, 7) is 2.76. The van der Waals surface area contributed by atoms with Crippen LogP contribution in [0.1, 0.15) is 19.8 Å². The second-order valence-electron chi connectivity index (χ2n) is 4.58. The average Bonchev–Trinajstić information content (AvgIpc) is 2.73. The smallest absolute Gasteiger partial charge is 0.258 e. The molecule has 0 atom stereocenters. The molecule has 0 aliphatic carbocycles. The molecule has 108 valence electrons. The van der Waals surface area contributed by atoms with Gasteiger partial charge in [-0.05, 0) is 24.6 Å². The van der Waals surface area contributed by atoms with E-state index >= 15 is 0 Å². The summed E-state index contributed by atoms with van der Waals surface area (Å²) in [4.78, 5) is 11.6. The maximum Gasteiger partial charge on any atom is 0.258 e. The van der Waals surface area contributed by atoms with Crippen LogP contribution in [0.15, 0.2) is 22.7 Å². The van der Waals surface area contributed by atoms with E-state index in [0.717, 1.165) is 28.2 Å². The van der Waals surface area contributed by atoms with Crippen molar-refractivity contribution in [1.29, 1.82) is 0 Å². The summed E-state index contributed by atoms with van der Waals surface area (Å²) < 4.78 is 8.22. The number of hydrogen-bond acceptors (Lipinski definition) is 3. The van der Waals surface area contributed by atoms with Gasteiger partial charge in [-0.3, -0.25) is 9.48 Å². The van der Waals surface area contributed by atoms with Gasteiger partial charge in [0.25, 0.3) is 5.91 Å². The molecule has 0 radical (unpaired) electrons. The van der Waals surface area contributed by atoms with Gasteiger partial charge >= 0.3 is 0 Å². The van der Waals surface area contributed by atoms with Crippen LogP contribution in [-0.2, 0) is 11.8 Å². The van der Waals surface area contributed by atoms with E-state index in [4.69, 9.17) is 4.74 Å². The van der Waals surface area contributed by atoms with Gasteiger partial charge in [0.2, 0.25) is 5.88 Å². The fourth-order valence-corrected chi connectivity index (χ4v) is 2.26. The molecule has 0 aliphatic heterocycles. The third kappa shape index (κ3) is 3.50. The summed E-state index contributed by atoms with van der Waals surface area (Å²) in [6.07, 6.45) is 2.03. The summed E-state index contributed by atoms with van der Waals surface area (Å²) in [5.41, 5.74) is 0.967. The lowest BCUT2D eigenvalue weighted by Crippen LogP contribution is -2.29. The zero-order valence-corrected chi connectivity index (χ0v) is 13.2. The van der Waals surface area contributed by atoms with Crippen LogP contribution < -0.4 is 10.1 Å². The van der Waals surface area contributed by atoms with Crippen LogP contribution in [0.4, 0.5) is 0 Å². The molecule has 0 saturated heterocycles. The van der Waals surface area contributed by atoms with E-state index in [2.05, 4.69) is 33.3 Å². The number of fused-ring (bicyclic) bond motifs is 1. The minimum Gasteiger partial charge on any atom is -0.466 e. The molecule has 20 heavy (non-hydrogen) atoms. The Kier molecular flexibility index (Phi) is 5.00. The van der Waals surface area contributed by atoms with Crippen LogP contribution in [0.2, 0.25) is 0 Å². The maximum absolute atomic E-state index is 11.6. The van der Waals surface area contributed by atoms with Crippen LogP contribution in [0.3, 0.4) is 0 Å². The predicted molar refractivity (Wildman–Crippen MR) is 81.8 cm³/mol. The molecule has 0 unspecified atom stereocenters. The number of aryl methyl sites for hydroxylation is 1. The van der Waals surface area contributed by atoms with Crippen molar-refractivity contribution in [1.82, 2.24) is 15.1 Å². The largest absolute Gasteiger partial charge is 0.466 e. The number of ether oxygens (including phenoxy) is 1. The lowest BCUT2D eigenvalue weighted by atomic mass is 10.2. The van der Waals surface area contributed by atoms with E-state index in [1.807, 2.05) is 25.2 Å². The highest BCUT2D eigenvalue weighted by atomic mass is 79.9. The first-order valence-electron chi connectivity index (χ1n) is 6.63. The Morgan fingerprint density at radius 2 is 2.30 bits per heavy atom. The molecule has 1 aromatic heterocycles. The van der Waals surface area contributed by atoms with Crippen LogP contribution in [-0.4, -0.2) is 28.8 Å². The predicted octanol–water partition coefficient (Wildman–Crippen LogP) is 2.63. The second-order valence-corrected chi connectivity index (χ2v) is 5.50. The lowest BCUT2D eigenvalue weighted by Gasteiger charge is -2.05. The van der Waals surface area contributed by atoms with Crippen LogP contribution >= 0.6 is 15.9 Å². The first-order valence-corrected chi connectivity index (χ1v) is 7.43. The molecule has 1 N–H and O–H groups in total. The second kappa shape index (κ2) is 6.74. The van der Waals surface area contributed by atoms with Gasteiger partial charge in [0, 0.05) is 18.1 Å². The molecule has 1 amide bonds. The van der Waals surface area contributed by atoms with Crippen LogP contribution in [0, 0.1) is 0 Å². The number of rotatable bonds is 6. The molecule has 0 spiro atoms. The highest BCUT2D eigenvalue weighted by Gasteiger charge is 2.11. The number of amides is 1. The van der Waals surface area contributed by atoms with Crippen molar-refractivity contribution in [2.75, 3.05) is 13.2 Å². The Morgan fingerprint density at radius 3 is 3.05 bits per heavy atom. The zero-order chi connectivity index (χ0) is 14.5. The van der Waals surface area contributed by atoms with E-state index in [1.54, 1.807) is 4.68 Å². The third-order valence-corrected chi connectivity index (χ3v) is 3.46. The summed E-state index contributed by atoms with van der Waals surface area (Å²) in [7, 11) is 1.85. The van der Waals surface area contributed by atoms with Crippen molar-refractivity contribution in [2.24, 2.45) is 7.05 Å². The molecule has 0 fully saturated rings. The first-order chi connectivity index (χ1) is 9.61. The summed E-state index contributed by atoms with van der Waals surface area (Å²) in [5, 5.41) is 8.00. The van der Waals surface area contributed by atoms with Crippen molar-refractivity contribution < 1.29 is 9.53 Å². The minimum absolute atomic E-state index is 0.0116. The van der Waals surface area contributed by atoms with Gasteiger partial charge in [0.1, 0.15) is 0 Å². The fraction of sp³-hybridized carbons (Fsp3) is 0.429. The number of carbonyl (C=O) groups excluding carboxylic acids is 1. The van der Waals surface area contributed by atoms with Crippen molar-refractivity contribution >= 4 is 32.7 Å². The van der Waals surface area contributed by atoms with Crippen LogP contribution in [0.25, 0.3) is 10.9 Å². The van der Waals surface area contributed by atoms with Crippen molar-refractivity contribution in [3.05, 3.63) is 22.7 Å². The number of nitrogens with one attached hydrogen (secondary N) is 1. The molecular weight excluding hydrogens is 322 g/mol. The van der Waals surface area contributed by atoms with Gasteiger partial charge in [-0.25, -0.2) is 0 Å². The molecule has 2 rings (SSSR count). The number of nitrogens with zero attached hydrogens (tertiary/aromatic N) is 2. The summed E-state index contributed by atoms with van der Waals surface area (Å²) in [6, 6.07) is 5.85. The Bertz CT molecular complexity index is 610. The number of unbranched alkanes of at least 4 members (excludes halogenated alkanes) is 1. The normalized spacial score (nSPS) is 10.8. The topological polar surface area (TPSA) is 56.1 Å². The van der Waals surface area contributed by atoms with Gasteiger partial charge in [-0.2, -0.15) is 0 Å². The van der Waals surface area contributed by atoms with Crippen molar-refractivity contribution in [3.8, 4) is 5.88 Å². The summed E-state index contributed by atoms with van der Waals surface area (Å²) >= 11 is 3.43. The van der Waals surface area contributed by atoms with E-state index in [1.165, 1.54) is 0 Å². The summed E-state index contributed by atoms with van der Waals surface area (Å²) in [5.74, 6) is 0.363. The average molecular weight is 340 g/mol. The van der Waals surface area contributed by atoms with Gasteiger partial charge in [0.05, 0.1) is 10.9 Å². The number of aromatic nitrogens is 2. The SMILES string of the molecule is CCCCNC(=O)COc1nn(C)c2ccc(Br)cc12. The van der Waals surface area contributed by atoms with Gasteiger partial charge in [0.15, 0.2) is 6.61 Å². The molecule has 1 heterocycles. The van der Waals surface area contributed by atoms with Crippen molar-refractivity contribution in [3.63, 3.8) is 0 Å². The van der Waals surface area contributed by atoms with E-state index in [-0.39, 0.29) is 12.5 Å². The van der Waals surface area contributed by atoms with E-state index in [0.29, 0.717) is 12.4 Å². The molecule has 5 nitrogen and oxygen atoms in total. The highest BCUT2D eigenvalue weighted by Crippen LogP contribution is 2.27. The third-order valence-electron chi connectivity index (χ3n) is 2.97. The van der Waals surface area contributed by atoms with Gasteiger partial charge in [-0.15, -0.1) is 5.10 Å². The molecule has 0 aliphatic rings. The molecular formula is C14H18BrN3O2. The standard InChI is InChI=1S/C14H18BrN3O2/c1-3-4-7-16-13(19)9-20-14-11-8-10(15)5-6-12(11)18(2)17-14/h5-6,8H,3-4,7,9H2,1-2H3,(H,16,19). The molecule has 0 saturated carbocycles. The monoisotopic (exact) mass is 339 g/mol. The molecule has 1 aromatic carbocycles. The van der Waals surface area contributed by atoms with Crippen molar-refractivity contribution in [2.45, 2.75) is 19.8 Å². The molecule has 2 aromatic rings.